The smallest absolute Gasteiger partial charge is 0.339 e. The number of anilines is 2. The van der Waals surface area contributed by atoms with Gasteiger partial charge in [0.05, 0.1) is 24.3 Å². The minimum Gasteiger partial charge on any atom is -0.465 e. The Morgan fingerprint density at radius 1 is 1.38 bits per heavy atom. The summed E-state index contributed by atoms with van der Waals surface area (Å²) in [5, 5.41) is 16.5. The van der Waals surface area contributed by atoms with Crippen molar-refractivity contribution < 1.29 is 9.53 Å². The van der Waals surface area contributed by atoms with Crippen LogP contribution < -0.4 is 5.32 Å². The van der Waals surface area contributed by atoms with Crippen molar-refractivity contribution >= 4 is 23.0 Å². The standard InChI is InChI=1S/C17H15N5O2/c1-10-4-5-13(6-12(10)7-18)21-16-15-11(2)14(17(23)24-3)8-22(15)20-9-19-16/h4-6,8-9H,1-3H3,(H,19,20,21). The van der Waals surface area contributed by atoms with Crippen molar-refractivity contribution in [3.05, 3.63) is 53.0 Å². The highest BCUT2D eigenvalue weighted by atomic mass is 16.5. The molecule has 0 fully saturated rings. The molecule has 0 radical (unpaired) electrons. The second-order valence-corrected chi connectivity index (χ2v) is 5.33. The third kappa shape index (κ3) is 2.54. The average molecular weight is 321 g/mol. The molecule has 7 nitrogen and oxygen atoms in total. The largest absolute Gasteiger partial charge is 0.465 e. The Hall–Kier alpha value is -3.40. The number of ether oxygens (including phenoxy) is 1. The zero-order valence-electron chi connectivity index (χ0n) is 13.5. The molecule has 1 aromatic carbocycles. The lowest BCUT2D eigenvalue weighted by molar-refractivity contribution is 0.0600. The molecule has 2 aromatic heterocycles. The summed E-state index contributed by atoms with van der Waals surface area (Å²) in [5.74, 6) is 0.122. The van der Waals surface area contributed by atoms with Crippen molar-refractivity contribution in [3.63, 3.8) is 0 Å². The van der Waals surface area contributed by atoms with Crippen LogP contribution in [0, 0.1) is 25.2 Å². The molecule has 0 saturated carbocycles. The molecule has 120 valence electrons. The fourth-order valence-corrected chi connectivity index (χ4v) is 2.52. The van der Waals surface area contributed by atoms with Crippen LogP contribution in [0.3, 0.4) is 0 Å². The van der Waals surface area contributed by atoms with Crippen LogP contribution in [-0.4, -0.2) is 27.7 Å². The number of aryl methyl sites for hydroxylation is 2. The quantitative estimate of drug-likeness (QED) is 0.746. The summed E-state index contributed by atoms with van der Waals surface area (Å²) in [6, 6.07) is 7.65. The van der Waals surface area contributed by atoms with E-state index in [1.165, 1.54) is 13.4 Å². The minimum absolute atomic E-state index is 0.425. The SMILES string of the molecule is COC(=O)c1cn2ncnc(Nc3ccc(C)c(C#N)c3)c2c1C. The molecule has 0 saturated heterocycles. The third-order valence-corrected chi connectivity index (χ3v) is 3.85. The number of aromatic nitrogens is 3. The maximum atomic E-state index is 11.9. The molecule has 1 N–H and O–H groups in total. The Morgan fingerprint density at radius 3 is 2.88 bits per heavy atom. The van der Waals surface area contributed by atoms with Gasteiger partial charge in [-0.3, -0.25) is 0 Å². The van der Waals surface area contributed by atoms with E-state index in [4.69, 9.17) is 10.00 Å². The zero-order valence-corrected chi connectivity index (χ0v) is 13.5. The fourth-order valence-electron chi connectivity index (χ4n) is 2.52. The minimum atomic E-state index is -0.425. The van der Waals surface area contributed by atoms with Crippen LogP contribution in [0.4, 0.5) is 11.5 Å². The van der Waals surface area contributed by atoms with Gasteiger partial charge in [0.1, 0.15) is 11.8 Å². The van der Waals surface area contributed by atoms with Gasteiger partial charge in [0.2, 0.25) is 0 Å². The number of methoxy groups -OCH3 is 1. The topological polar surface area (TPSA) is 92.3 Å². The molecule has 0 bridgehead atoms. The molecule has 3 aromatic rings. The van der Waals surface area contributed by atoms with Crippen LogP contribution in [0.15, 0.2) is 30.7 Å². The van der Waals surface area contributed by atoms with Crippen LogP contribution in [0.5, 0.6) is 0 Å². The zero-order chi connectivity index (χ0) is 17.3. The molecule has 2 heterocycles. The lowest BCUT2D eigenvalue weighted by Gasteiger charge is -2.09. The summed E-state index contributed by atoms with van der Waals surface area (Å²) in [4.78, 5) is 16.1. The van der Waals surface area contributed by atoms with E-state index in [2.05, 4.69) is 21.5 Å². The second-order valence-electron chi connectivity index (χ2n) is 5.33. The van der Waals surface area contributed by atoms with Crippen molar-refractivity contribution in [2.45, 2.75) is 13.8 Å². The van der Waals surface area contributed by atoms with Crippen molar-refractivity contribution in [3.8, 4) is 6.07 Å². The van der Waals surface area contributed by atoms with E-state index < -0.39 is 5.97 Å². The van der Waals surface area contributed by atoms with Crippen LogP contribution in [0.1, 0.15) is 27.0 Å². The third-order valence-electron chi connectivity index (χ3n) is 3.85. The highest BCUT2D eigenvalue weighted by molar-refractivity contribution is 5.95. The van der Waals surface area contributed by atoms with E-state index in [1.807, 2.05) is 26.0 Å². The summed E-state index contributed by atoms with van der Waals surface area (Å²) in [6.07, 6.45) is 3.01. The van der Waals surface area contributed by atoms with Crippen LogP contribution in [0.25, 0.3) is 5.52 Å². The highest BCUT2D eigenvalue weighted by Crippen LogP contribution is 2.26. The van der Waals surface area contributed by atoms with Crippen molar-refractivity contribution in [1.82, 2.24) is 14.6 Å². The van der Waals surface area contributed by atoms with Gasteiger partial charge in [0.25, 0.3) is 0 Å². The van der Waals surface area contributed by atoms with Crippen LogP contribution in [-0.2, 0) is 4.74 Å². The number of rotatable bonds is 3. The molecule has 0 amide bonds. The van der Waals surface area contributed by atoms with E-state index in [9.17, 15) is 4.79 Å². The van der Waals surface area contributed by atoms with Crippen LogP contribution >= 0.6 is 0 Å². The first-order valence-electron chi connectivity index (χ1n) is 7.24. The number of nitriles is 1. The summed E-state index contributed by atoms with van der Waals surface area (Å²) in [5.41, 5.74) is 4.06. The molecule has 0 spiro atoms. The van der Waals surface area contributed by atoms with Crippen molar-refractivity contribution in [1.29, 1.82) is 5.26 Å². The number of nitrogens with zero attached hydrogens (tertiary/aromatic N) is 4. The van der Waals surface area contributed by atoms with Crippen molar-refractivity contribution in [2.75, 3.05) is 12.4 Å². The number of hydrogen-bond donors (Lipinski definition) is 1. The lowest BCUT2D eigenvalue weighted by atomic mass is 10.1. The molecule has 0 atom stereocenters. The molecule has 3 rings (SSSR count). The Kier molecular flexibility index (Phi) is 3.88. The Balaban J connectivity index is 2.09. The number of fused-ring (bicyclic) bond motifs is 1. The molecular formula is C17H15N5O2. The molecule has 0 unspecified atom stereocenters. The summed E-state index contributed by atoms with van der Waals surface area (Å²) < 4.78 is 6.37. The first-order valence-corrected chi connectivity index (χ1v) is 7.24. The van der Waals surface area contributed by atoms with Gasteiger partial charge in [-0.1, -0.05) is 6.07 Å². The fraction of sp³-hybridized carbons (Fsp3) is 0.176. The number of esters is 1. The average Bonchev–Trinajstić information content (AvgIpc) is 2.94. The van der Waals surface area contributed by atoms with Gasteiger partial charge < -0.3 is 10.1 Å². The van der Waals surface area contributed by atoms with Crippen molar-refractivity contribution in [2.24, 2.45) is 0 Å². The maximum Gasteiger partial charge on any atom is 0.339 e. The molecular weight excluding hydrogens is 306 g/mol. The molecule has 7 heteroatoms. The molecule has 0 aliphatic carbocycles. The Morgan fingerprint density at radius 2 is 2.17 bits per heavy atom. The Bertz CT molecular complexity index is 985. The van der Waals surface area contributed by atoms with Crippen LogP contribution in [0.2, 0.25) is 0 Å². The van der Waals surface area contributed by atoms with Gasteiger partial charge >= 0.3 is 5.97 Å². The predicted molar refractivity (Wildman–Crippen MR) is 88.2 cm³/mol. The molecule has 0 aliphatic heterocycles. The number of carbonyl (C=O) groups is 1. The Labute approximate surface area is 138 Å². The van der Waals surface area contributed by atoms with E-state index in [1.54, 1.807) is 16.8 Å². The number of benzene rings is 1. The van der Waals surface area contributed by atoms with Gasteiger partial charge in [-0.2, -0.15) is 10.4 Å². The highest BCUT2D eigenvalue weighted by Gasteiger charge is 2.18. The van der Waals surface area contributed by atoms with E-state index in [0.29, 0.717) is 22.5 Å². The van der Waals surface area contributed by atoms with Gasteiger partial charge in [-0.05, 0) is 37.1 Å². The number of carbonyl (C=O) groups excluding carboxylic acids is 1. The first kappa shape index (κ1) is 15.5. The lowest BCUT2D eigenvalue weighted by Crippen LogP contribution is -2.01. The summed E-state index contributed by atoms with van der Waals surface area (Å²) in [6.45, 7) is 3.69. The van der Waals surface area contributed by atoms with Gasteiger partial charge in [-0.25, -0.2) is 14.3 Å². The number of nitrogens with one attached hydrogen (secondary N) is 1. The van der Waals surface area contributed by atoms with Gasteiger partial charge in [0, 0.05) is 11.9 Å². The normalized spacial score (nSPS) is 10.4. The van der Waals surface area contributed by atoms with Gasteiger partial charge in [0.15, 0.2) is 5.82 Å². The maximum absolute atomic E-state index is 11.9. The second kappa shape index (κ2) is 6.01. The summed E-state index contributed by atoms with van der Waals surface area (Å²) >= 11 is 0. The van der Waals surface area contributed by atoms with Gasteiger partial charge in [-0.15, -0.1) is 0 Å². The number of hydrogen-bond acceptors (Lipinski definition) is 6. The van der Waals surface area contributed by atoms with E-state index in [-0.39, 0.29) is 0 Å². The predicted octanol–water partition coefficient (Wildman–Crippen LogP) is 2.75. The molecule has 0 aliphatic rings. The monoisotopic (exact) mass is 321 g/mol. The van der Waals surface area contributed by atoms with E-state index in [0.717, 1.165) is 16.8 Å². The molecule has 24 heavy (non-hydrogen) atoms. The summed E-state index contributed by atoms with van der Waals surface area (Å²) in [7, 11) is 1.34. The first-order chi connectivity index (χ1) is 11.5. The van der Waals surface area contributed by atoms with E-state index >= 15 is 0 Å².